The number of aryl methyl sites for hydroxylation is 2. The monoisotopic (exact) mass is 280 g/mol. The van der Waals surface area contributed by atoms with E-state index in [2.05, 4.69) is 42.4 Å². The molecule has 2 heterocycles. The Labute approximate surface area is 103 Å². The Balaban J connectivity index is 2.45. The zero-order valence-electron chi connectivity index (χ0n) is 9.31. The Kier molecular flexibility index (Phi) is 3.33. The van der Waals surface area contributed by atoms with Gasteiger partial charge in [-0.15, -0.1) is 0 Å². The predicted molar refractivity (Wildman–Crippen MR) is 66.0 cm³/mol. The average molecular weight is 281 g/mol. The highest BCUT2D eigenvalue weighted by Gasteiger charge is 2.08. The molecule has 0 bridgehead atoms. The lowest BCUT2D eigenvalue weighted by Crippen LogP contribution is -2.01. The first-order valence-corrected chi connectivity index (χ1v) is 6.02. The van der Waals surface area contributed by atoms with E-state index in [0.29, 0.717) is 0 Å². The molecule has 2 aromatic rings. The van der Waals surface area contributed by atoms with Crippen LogP contribution in [0.1, 0.15) is 19.2 Å². The average Bonchev–Trinajstić information content (AvgIpc) is 2.65. The van der Waals surface area contributed by atoms with Crippen LogP contribution in [0.25, 0.3) is 11.5 Å². The summed E-state index contributed by atoms with van der Waals surface area (Å²) in [7, 11) is 0. The van der Waals surface area contributed by atoms with Crippen molar-refractivity contribution in [1.29, 1.82) is 0 Å². The van der Waals surface area contributed by atoms with E-state index in [4.69, 9.17) is 0 Å². The van der Waals surface area contributed by atoms with Gasteiger partial charge in [0.2, 0.25) is 0 Å². The minimum absolute atomic E-state index is 0.746. The molecule has 84 valence electrons. The molecule has 0 radical (unpaired) electrons. The molecule has 5 heteroatoms. The number of imidazole rings is 1. The second kappa shape index (κ2) is 4.74. The van der Waals surface area contributed by atoms with Crippen molar-refractivity contribution < 1.29 is 0 Å². The van der Waals surface area contributed by atoms with Crippen molar-refractivity contribution in [3.63, 3.8) is 0 Å². The molecule has 0 spiro atoms. The minimum Gasteiger partial charge on any atom is -0.330 e. The molecule has 0 aliphatic rings. The van der Waals surface area contributed by atoms with E-state index in [1.165, 1.54) is 0 Å². The highest BCUT2D eigenvalue weighted by Crippen LogP contribution is 2.18. The van der Waals surface area contributed by atoms with Gasteiger partial charge in [0.25, 0.3) is 0 Å². The van der Waals surface area contributed by atoms with E-state index in [0.717, 1.165) is 34.9 Å². The molecule has 0 N–H and O–H groups in total. The maximum absolute atomic E-state index is 4.39. The zero-order chi connectivity index (χ0) is 11.5. The molecule has 0 amide bonds. The number of aromatic nitrogens is 4. The van der Waals surface area contributed by atoms with Gasteiger partial charge in [-0.3, -0.25) is 0 Å². The first-order valence-electron chi connectivity index (χ1n) is 5.23. The molecule has 0 fully saturated rings. The van der Waals surface area contributed by atoms with Crippen molar-refractivity contribution in [2.75, 3.05) is 0 Å². The molecule has 0 aliphatic carbocycles. The molecule has 0 saturated carbocycles. The lowest BCUT2D eigenvalue weighted by Gasteiger charge is -2.06. The van der Waals surface area contributed by atoms with Crippen LogP contribution in [-0.2, 0) is 6.54 Å². The Hall–Kier alpha value is -1.23. The fourth-order valence-corrected chi connectivity index (χ4v) is 2.08. The number of nitrogens with zero attached hydrogens (tertiary/aromatic N) is 4. The summed E-state index contributed by atoms with van der Waals surface area (Å²) >= 11 is 3.37. The molecule has 0 aliphatic heterocycles. The van der Waals surface area contributed by atoms with Crippen LogP contribution in [0.4, 0.5) is 0 Å². The summed E-state index contributed by atoms with van der Waals surface area (Å²) in [4.78, 5) is 12.9. The lowest BCUT2D eigenvalue weighted by atomic mass is 10.3. The van der Waals surface area contributed by atoms with Crippen molar-refractivity contribution in [3.05, 3.63) is 28.9 Å². The Morgan fingerprint density at radius 2 is 2.19 bits per heavy atom. The third-order valence-electron chi connectivity index (χ3n) is 2.22. The standard InChI is InChI=1S/C11H13BrN4/c1-3-5-16-6-4-13-11(16)9-7-10(12)15-8(2)14-9/h4,6-7H,3,5H2,1-2H3. The molecule has 0 unspecified atom stereocenters. The van der Waals surface area contributed by atoms with Gasteiger partial charge in [-0.25, -0.2) is 15.0 Å². The summed E-state index contributed by atoms with van der Waals surface area (Å²) in [6, 6.07) is 1.89. The summed E-state index contributed by atoms with van der Waals surface area (Å²) < 4.78 is 2.90. The highest BCUT2D eigenvalue weighted by atomic mass is 79.9. The molecule has 2 aromatic heterocycles. The minimum atomic E-state index is 0.746. The Morgan fingerprint density at radius 1 is 1.38 bits per heavy atom. The van der Waals surface area contributed by atoms with Gasteiger partial charge in [0, 0.05) is 25.0 Å². The third kappa shape index (κ3) is 2.29. The van der Waals surface area contributed by atoms with Crippen LogP contribution in [0.5, 0.6) is 0 Å². The first kappa shape index (κ1) is 11.3. The van der Waals surface area contributed by atoms with E-state index < -0.39 is 0 Å². The van der Waals surface area contributed by atoms with Crippen LogP contribution in [-0.4, -0.2) is 19.5 Å². The van der Waals surface area contributed by atoms with Crippen molar-refractivity contribution in [1.82, 2.24) is 19.5 Å². The van der Waals surface area contributed by atoms with Gasteiger partial charge in [0.05, 0.1) is 0 Å². The smallest absolute Gasteiger partial charge is 0.158 e. The van der Waals surface area contributed by atoms with E-state index in [1.807, 2.05) is 19.2 Å². The quantitative estimate of drug-likeness (QED) is 0.812. The summed E-state index contributed by atoms with van der Waals surface area (Å²) in [5.41, 5.74) is 0.859. The van der Waals surface area contributed by atoms with Crippen LogP contribution in [0.2, 0.25) is 0 Å². The number of halogens is 1. The fourth-order valence-electron chi connectivity index (χ4n) is 1.61. The Morgan fingerprint density at radius 3 is 2.88 bits per heavy atom. The van der Waals surface area contributed by atoms with Crippen LogP contribution in [0, 0.1) is 6.92 Å². The van der Waals surface area contributed by atoms with Crippen LogP contribution in [0.15, 0.2) is 23.1 Å². The van der Waals surface area contributed by atoms with Gasteiger partial charge < -0.3 is 4.57 Å². The van der Waals surface area contributed by atoms with E-state index in [9.17, 15) is 0 Å². The van der Waals surface area contributed by atoms with Crippen molar-refractivity contribution >= 4 is 15.9 Å². The maximum Gasteiger partial charge on any atom is 0.158 e. The summed E-state index contributed by atoms with van der Waals surface area (Å²) in [5.74, 6) is 1.64. The molecule has 16 heavy (non-hydrogen) atoms. The van der Waals surface area contributed by atoms with Gasteiger partial charge in [-0.2, -0.15) is 0 Å². The zero-order valence-corrected chi connectivity index (χ0v) is 10.9. The van der Waals surface area contributed by atoms with Crippen molar-refractivity contribution in [2.24, 2.45) is 0 Å². The van der Waals surface area contributed by atoms with E-state index in [1.54, 1.807) is 6.20 Å². The van der Waals surface area contributed by atoms with Crippen LogP contribution < -0.4 is 0 Å². The van der Waals surface area contributed by atoms with Gasteiger partial charge in [0.1, 0.15) is 16.1 Å². The van der Waals surface area contributed by atoms with Crippen molar-refractivity contribution in [3.8, 4) is 11.5 Å². The van der Waals surface area contributed by atoms with Gasteiger partial charge in [-0.05, 0) is 29.3 Å². The van der Waals surface area contributed by atoms with Gasteiger partial charge in [0.15, 0.2) is 5.82 Å². The molecular formula is C11H13BrN4. The second-order valence-electron chi connectivity index (χ2n) is 3.57. The van der Waals surface area contributed by atoms with Crippen molar-refractivity contribution in [2.45, 2.75) is 26.8 Å². The van der Waals surface area contributed by atoms with Crippen LogP contribution >= 0.6 is 15.9 Å². The SMILES string of the molecule is CCCn1ccnc1-c1cc(Br)nc(C)n1. The lowest BCUT2D eigenvalue weighted by molar-refractivity contribution is 0.683. The second-order valence-corrected chi connectivity index (χ2v) is 4.38. The third-order valence-corrected chi connectivity index (χ3v) is 2.62. The fraction of sp³-hybridized carbons (Fsp3) is 0.364. The molecular weight excluding hydrogens is 268 g/mol. The number of hydrogen-bond acceptors (Lipinski definition) is 3. The van der Waals surface area contributed by atoms with Gasteiger partial charge >= 0.3 is 0 Å². The summed E-state index contributed by atoms with van der Waals surface area (Å²) in [6.45, 7) is 4.97. The highest BCUT2D eigenvalue weighted by molar-refractivity contribution is 9.10. The normalized spacial score (nSPS) is 10.7. The Bertz CT molecular complexity index is 472. The number of rotatable bonds is 3. The largest absolute Gasteiger partial charge is 0.330 e. The molecule has 4 nitrogen and oxygen atoms in total. The first-order chi connectivity index (χ1) is 7.70. The maximum atomic E-state index is 4.39. The topological polar surface area (TPSA) is 43.6 Å². The summed E-state index contributed by atoms with van der Waals surface area (Å²) in [6.07, 6.45) is 4.86. The molecule has 2 rings (SSSR count). The molecule has 0 atom stereocenters. The summed E-state index contributed by atoms with van der Waals surface area (Å²) in [5, 5.41) is 0. The van der Waals surface area contributed by atoms with Crippen LogP contribution in [0.3, 0.4) is 0 Å². The molecule has 0 saturated heterocycles. The predicted octanol–water partition coefficient (Wildman–Crippen LogP) is 2.82. The van der Waals surface area contributed by atoms with E-state index in [-0.39, 0.29) is 0 Å². The number of hydrogen-bond donors (Lipinski definition) is 0. The van der Waals surface area contributed by atoms with Gasteiger partial charge in [-0.1, -0.05) is 6.92 Å². The van der Waals surface area contributed by atoms with E-state index >= 15 is 0 Å². The molecule has 0 aromatic carbocycles.